The predicted molar refractivity (Wildman–Crippen MR) is 135 cm³/mol. The Morgan fingerprint density at radius 2 is 1.60 bits per heavy atom. The summed E-state index contributed by atoms with van der Waals surface area (Å²) in [6, 6.07) is 5.14. The molecule has 0 spiro atoms. The van der Waals surface area contributed by atoms with Crippen molar-refractivity contribution in [2.45, 2.75) is 62.3 Å². The number of fused-ring (bicyclic) bond motifs is 2. The molecule has 1 saturated carbocycles. The van der Waals surface area contributed by atoms with Crippen LogP contribution < -0.4 is 5.46 Å². The SMILES string of the molecule is CC.CC.CC.CC1=C=CC=Nc2ccc(B(O)O)cc21.CC1=CC2C(C)C2C=C1. The van der Waals surface area contributed by atoms with Gasteiger partial charge < -0.3 is 10.0 Å². The van der Waals surface area contributed by atoms with Crippen molar-refractivity contribution in [1.82, 2.24) is 0 Å². The van der Waals surface area contributed by atoms with Gasteiger partial charge in [-0.15, -0.1) is 5.73 Å². The smallest absolute Gasteiger partial charge is 0.423 e. The Kier molecular flexibility index (Phi) is 13.7. The second-order valence-corrected chi connectivity index (χ2v) is 6.65. The lowest BCUT2D eigenvalue weighted by atomic mass is 9.79. The van der Waals surface area contributed by atoms with Crippen LogP contribution in [0.3, 0.4) is 0 Å². The minimum atomic E-state index is -1.45. The lowest BCUT2D eigenvalue weighted by Gasteiger charge is -2.06. The number of hydrogen-bond donors (Lipinski definition) is 2. The van der Waals surface area contributed by atoms with Crippen molar-refractivity contribution in [3.8, 4) is 0 Å². The molecule has 3 unspecified atom stereocenters. The predicted octanol–water partition coefficient (Wildman–Crippen LogP) is 6.10. The molecule has 1 aliphatic heterocycles. The van der Waals surface area contributed by atoms with Gasteiger partial charge in [0, 0.05) is 17.4 Å². The molecule has 1 heterocycles. The number of hydrogen-bond acceptors (Lipinski definition) is 3. The summed E-state index contributed by atoms with van der Waals surface area (Å²) in [6.45, 7) is 18.4. The second kappa shape index (κ2) is 14.8. The number of rotatable bonds is 1. The molecule has 0 aromatic heterocycles. The van der Waals surface area contributed by atoms with E-state index in [0.717, 1.165) is 34.6 Å². The quantitative estimate of drug-likeness (QED) is 0.435. The van der Waals surface area contributed by atoms with Crippen LogP contribution in [0.15, 0.2) is 58.8 Å². The van der Waals surface area contributed by atoms with Crippen molar-refractivity contribution in [3.63, 3.8) is 0 Å². The molecule has 0 radical (unpaired) electrons. The van der Waals surface area contributed by atoms with Crippen LogP contribution in [0, 0.1) is 17.8 Å². The highest BCUT2D eigenvalue weighted by molar-refractivity contribution is 6.58. The van der Waals surface area contributed by atoms with Crippen molar-refractivity contribution in [2.24, 2.45) is 22.7 Å². The molecule has 0 amide bonds. The van der Waals surface area contributed by atoms with E-state index in [1.54, 1.807) is 30.5 Å². The van der Waals surface area contributed by atoms with Gasteiger partial charge in [0.05, 0.1) is 5.69 Å². The van der Waals surface area contributed by atoms with Gasteiger partial charge in [-0.1, -0.05) is 84.4 Å². The van der Waals surface area contributed by atoms with Gasteiger partial charge in [-0.2, -0.15) is 0 Å². The van der Waals surface area contributed by atoms with Crippen LogP contribution in [-0.4, -0.2) is 23.4 Å². The first-order valence-corrected chi connectivity index (χ1v) is 11.3. The van der Waals surface area contributed by atoms with Crippen LogP contribution in [0.5, 0.6) is 0 Å². The van der Waals surface area contributed by atoms with Crippen molar-refractivity contribution >= 4 is 30.1 Å². The summed E-state index contributed by atoms with van der Waals surface area (Å²) in [5.74, 6) is 2.72. The first-order valence-electron chi connectivity index (χ1n) is 11.3. The highest BCUT2D eigenvalue weighted by Gasteiger charge is 2.43. The van der Waals surface area contributed by atoms with Gasteiger partial charge in [-0.3, -0.25) is 4.99 Å². The molecule has 30 heavy (non-hydrogen) atoms. The minimum Gasteiger partial charge on any atom is -0.423 e. The Hall–Kier alpha value is -2.13. The van der Waals surface area contributed by atoms with Gasteiger partial charge >= 0.3 is 7.12 Å². The van der Waals surface area contributed by atoms with E-state index in [2.05, 4.69) is 42.8 Å². The number of nitrogens with zero attached hydrogens (tertiary/aromatic N) is 1. The zero-order chi connectivity index (χ0) is 23.3. The lowest BCUT2D eigenvalue weighted by Crippen LogP contribution is -2.29. The second-order valence-electron chi connectivity index (χ2n) is 6.65. The van der Waals surface area contributed by atoms with Gasteiger partial charge in [0.1, 0.15) is 0 Å². The van der Waals surface area contributed by atoms with Crippen molar-refractivity contribution in [3.05, 3.63) is 59.4 Å². The molecule has 4 rings (SSSR count). The molecule has 0 saturated heterocycles. The van der Waals surface area contributed by atoms with Crippen LogP contribution in [0.2, 0.25) is 0 Å². The third kappa shape index (κ3) is 7.95. The molecule has 3 nitrogen and oxygen atoms in total. The first-order chi connectivity index (χ1) is 14.5. The van der Waals surface area contributed by atoms with Crippen LogP contribution >= 0.6 is 0 Å². The van der Waals surface area contributed by atoms with Crippen LogP contribution in [0.1, 0.15) is 67.9 Å². The van der Waals surface area contributed by atoms with Crippen molar-refractivity contribution in [1.29, 1.82) is 0 Å². The molecule has 2 aliphatic carbocycles. The standard InChI is InChI=1S/C11H10BNO2.C9H12.3C2H6/c1-8-3-2-6-13-11-5-4-9(12(14)15)7-10(8)11;1-6-3-4-8-7(2)9(8)5-6;3*1-2/h2,4-7,14-15H,1H3;3-5,7-9H,1-2H3;3*1-2H3. The first kappa shape index (κ1) is 27.9. The fourth-order valence-corrected chi connectivity index (χ4v) is 3.20. The van der Waals surface area contributed by atoms with E-state index in [1.165, 1.54) is 5.57 Å². The van der Waals surface area contributed by atoms with E-state index >= 15 is 0 Å². The zero-order valence-corrected chi connectivity index (χ0v) is 20.3. The lowest BCUT2D eigenvalue weighted by molar-refractivity contribution is 0.426. The monoisotopic (exact) mass is 409 g/mol. The Morgan fingerprint density at radius 1 is 0.967 bits per heavy atom. The summed E-state index contributed by atoms with van der Waals surface area (Å²) < 4.78 is 0. The summed E-state index contributed by atoms with van der Waals surface area (Å²) in [6.07, 6.45) is 10.4. The normalized spacial score (nSPS) is 21.0. The van der Waals surface area contributed by atoms with Gasteiger partial charge in [0.2, 0.25) is 0 Å². The molecule has 1 aromatic rings. The maximum Gasteiger partial charge on any atom is 0.488 e. The average molecular weight is 409 g/mol. The fraction of sp³-hybridized carbons (Fsp3) is 0.462. The molecule has 2 N–H and O–H groups in total. The topological polar surface area (TPSA) is 52.8 Å². The third-order valence-corrected chi connectivity index (χ3v) is 4.87. The molecule has 164 valence electrons. The molecular weight excluding hydrogens is 369 g/mol. The van der Waals surface area contributed by atoms with E-state index in [1.807, 2.05) is 48.5 Å². The molecule has 3 aliphatic rings. The molecular formula is C26H40BNO2. The number of aliphatic imine (C=N–C) groups is 1. The van der Waals surface area contributed by atoms with Crippen LogP contribution in [0.25, 0.3) is 5.57 Å². The fourth-order valence-electron chi connectivity index (χ4n) is 3.20. The number of allylic oxidation sites excluding steroid dienone is 5. The van der Waals surface area contributed by atoms with E-state index < -0.39 is 7.12 Å². The Labute approximate surface area is 184 Å². The largest absolute Gasteiger partial charge is 0.488 e. The van der Waals surface area contributed by atoms with Gasteiger partial charge in [-0.25, -0.2) is 0 Å². The summed E-state index contributed by atoms with van der Waals surface area (Å²) in [4.78, 5) is 4.21. The summed E-state index contributed by atoms with van der Waals surface area (Å²) >= 11 is 0. The minimum absolute atomic E-state index is 0.465. The van der Waals surface area contributed by atoms with Crippen LogP contribution in [-0.2, 0) is 0 Å². The van der Waals surface area contributed by atoms with Gasteiger partial charge in [0.25, 0.3) is 0 Å². The van der Waals surface area contributed by atoms with E-state index in [9.17, 15) is 0 Å². The van der Waals surface area contributed by atoms with Crippen molar-refractivity contribution in [2.75, 3.05) is 0 Å². The maximum atomic E-state index is 9.06. The molecule has 4 heteroatoms. The van der Waals surface area contributed by atoms with Gasteiger partial charge in [-0.05, 0) is 49.2 Å². The highest BCUT2D eigenvalue weighted by Crippen LogP contribution is 2.50. The zero-order valence-electron chi connectivity index (χ0n) is 20.3. The van der Waals surface area contributed by atoms with E-state index in [4.69, 9.17) is 10.0 Å². The summed E-state index contributed by atoms with van der Waals surface area (Å²) in [5, 5.41) is 18.1. The number of benzene rings is 1. The van der Waals surface area contributed by atoms with Crippen LogP contribution in [0.4, 0.5) is 5.69 Å². The summed E-state index contributed by atoms with van der Waals surface area (Å²) in [5.41, 5.74) is 7.59. The molecule has 3 atom stereocenters. The Morgan fingerprint density at radius 3 is 2.13 bits per heavy atom. The average Bonchev–Trinajstić information content (AvgIpc) is 3.48. The molecule has 1 fully saturated rings. The van der Waals surface area contributed by atoms with E-state index in [0.29, 0.717) is 5.46 Å². The van der Waals surface area contributed by atoms with E-state index in [-0.39, 0.29) is 0 Å². The molecule has 1 aromatic carbocycles. The maximum absolute atomic E-state index is 9.06. The molecule has 0 bridgehead atoms. The highest BCUT2D eigenvalue weighted by atomic mass is 16.4. The van der Waals surface area contributed by atoms with Crippen molar-refractivity contribution < 1.29 is 10.0 Å². The Balaban J connectivity index is 0.000000478. The van der Waals surface area contributed by atoms with Gasteiger partial charge in [0.15, 0.2) is 0 Å². The summed E-state index contributed by atoms with van der Waals surface area (Å²) in [7, 11) is -1.45. The third-order valence-electron chi connectivity index (χ3n) is 4.87. The Bertz CT molecular complexity index is 799.